The zero-order chi connectivity index (χ0) is 16.3. The van der Waals surface area contributed by atoms with Crippen molar-refractivity contribution in [1.29, 1.82) is 0 Å². The lowest BCUT2D eigenvalue weighted by Crippen LogP contribution is -2.40. The van der Waals surface area contributed by atoms with Crippen molar-refractivity contribution in [2.75, 3.05) is 0 Å². The molecule has 7 nitrogen and oxygen atoms in total. The molecule has 2 unspecified atom stereocenters. The molecule has 0 saturated carbocycles. The van der Waals surface area contributed by atoms with Gasteiger partial charge >= 0.3 is 5.97 Å². The van der Waals surface area contributed by atoms with Crippen LogP contribution in [0.2, 0.25) is 0 Å². The minimum absolute atomic E-state index is 0.289. The van der Waals surface area contributed by atoms with Crippen LogP contribution in [0.3, 0.4) is 0 Å². The van der Waals surface area contributed by atoms with Crippen LogP contribution in [0.1, 0.15) is 29.8 Å². The highest BCUT2D eigenvalue weighted by molar-refractivity contribution is 5.96. The van der Waals surface area contributed by atoms with Crippen LogP contribution in [0.15, 0.2) is 30.9 Å². The van der Waals surface area contributed by atoms with E-state index in [1.807, 2.05) is 13.0 Å². The number of aliphatic carboxylic acids is 1. The van der Waals surface area contributed by atoms with Crippen LogP contribution >= 0.6 is 0 Å². The summed E-state index contributed by atoms with van der Waals surface area (Å²) in [6, 6.07) is 4.83. The number of carbonyl (C=O) groups excluding carboxylic acids is 1. The van der Waals surface area contributed by atoms with E-state index in [-0.39, 0.29) is 5.91 Å². The number of carboxylic acids is 1. The van der Waals surface area contributed by atoms with E-state index in [2.05, 4.69) is 15.4 Å². The van der Waals surface area contributed by atoms with E-state index in [1.54, 1.807) is 37.0 Å². The molecule has 0 aliphatic heterocycles. The molecule has 2 aromatic rings. The normalized spacial score (nSPS) is 13.4. The summed E-state index contributed by atoms with van der Waals surface area (Å²) >= 11 is 0. The third-order valence-electron chi connectivity index (χ3n) is 3.64. The number of aromatic nitrogens is 3. The van der Waals surface area contributed by atoms with Gasteiger partial charge in [0, 0.05) is 11.6 Å². The van der Waals surface area contributed by atoms with Crippen LogP contribution < -0.4 is 5.32 Å². The van der Waals surface area contributed by atoms with Crippen molar-refractivity contribution in [3.63, 3.8) is 0 Å². The molecular formula is C15H18N4O3. The van der Waals surface area contributed by atoms with Crippen molar-refractivity contribution < 1.29 is 14.7 Å². The Bertz CT molecular complexity index is 682. The Balaban J connectivity index is 2.15. The number of amides is 1. The van der Waals surface area contributed by atoms with Crippen molar-refractivity contribution in [2.24, 2.45) is 5.92 Å². The summed E-state index contributed by atoms with van der Waals surface area (Å²) in [5.41, 5.74) is 2.09. The first-order chi connectivity index (χ1) is 10.4. The molecule has 1 aromatic heterocycles. The van der Waals surface area contributed by atoms with E-state index in [0.717, 1.165) is 11.3 Å². The minimum Gasteiger partial charge on any atom is -0.481 e. The van der Waals surface area contributed by atoms with Gasteiger partial charge in [0.1, 0.15) is 12.7 Å². The molecule has 1 heterocycles. The number of hydrogen-bond acceptors (Lipinski definition) is 4. The zero-order valence-electron chi connectivity index (χ0n) is 12.6. The first-order valence-electron chi connectivity index (χ1n) is 6.89. The van der Waals surface area contributed by atoms with Crippen molar-refractivity contribution in [3.8, 4) is 5.69 Å². The number of aryl methyl sites for hydroxylation is 1. The van der Waals surface area contributed by atoms with Gasteiger partial charge in [-0.2, -0.15) is 5.10 Å². The highest BCUT2D eigenvalue weighted by atomic mass is 16.4. The average Bonchev–Trinajstić information content (AvgIpc) is 3.00. The first kappa shape index (κ1) is 15.7. The summed E-state index contributed by atoms with van der Waals surface area (Å²) < 4.78 is 1.60. The van der Waals surface area contributed by atoms with E-state index >= 15 is 0 Å². The molecule has 0 radical (unpaired) electrons. The highest BCUT2D eigenvalue weighted by Gasteiger charge is 2.22. The molecule has 0 aliphatic rings. The summed E-state index contributed by atoms with van der Waals surface area (Å²) in [5, 5.41) is 15.7. The second kappa shape index (κ2) is 6.38. The van der Waals surface area contributed by atoms with Crippen molar-refractivity contribution in [3.05, 3.63) is 42.0 Å². The molecule has 0 fully saturated rings. The Morgan fingerprint density at radius 1 is 1.32 bits per heavy atom. The monoisotopic (exact) mass is 302 g/mol. The molecule has 0 bridgehead atoms. The van der Waals surface area contributed by atoms with Crippen LogP contribution in [-0.4, -0.2) is 37.8 Å². The second-order valence-electron chi connectivity index (χ2n) is 5.23. The van der Waals surface area contributed by atoms with Gasteiger partial charge < -0.3 is 10.4 Å². The summed E-state index contributed by atoms with van der Waals surface area (Å²) in [7, 11) is 0. The lowest BCUT2D eigenvalue weighted by atomic mass is 10.0. The fraction of sp³-hybridized carbons (Fsp3) is 0.333. The van der Waals surface area contributed by atoms with Crippen LogP contribution in [0.25, 0.3) is 5.69 Å². The van der Waals surface area contributed by atoms with Crippen LogP contribution in [0, 0.1) is 12.8 Å². The summed E-state index contributed by atoms with van der Waals surface area (Å²) in [6.07, 6.45) is 3.01. The molecule has 0 aliphatic carbocycles. The first-order valence-corrected chi connectivity index (χ1v) is 6.89. The minimum atomic E-state index is -0.939. The maximum Gasteiger partial charge on any atom is 0.308 e. The topological polar surface area (TPSA) is 97.1 Å². The second-order valence-corrected chi connectivity index (χ2v) is 5.23. The number of carbonyl (C=O) groups is 2. The SMILES string of the molecule is Cc1cc(-n2cncn2)ccc1C(=O)NC(C)C(C)C(=O)O. The molecule has 2 atom stereocenters. The van der Waals surface area contributed by atoms with Gasteiger partial charge in [0.15, 0.2) is 0 Å². The predicted molar refractivity (Wildman–Crippen MR) is 79.8 cm³/mol. The largest absolute Gasteiger partial charge is 0.481 e. The fourth-order valence-corrected chi connectivity index (χ4v) is 2.01. The van der Waals surface area contributed by atoms with Gasteiger partial charge in [-0.05, 0) is 44.5 Å². The van der Waals surface area contributed by atoms with E-state index in [1.165, 1.54) is 6.33 Å². The Morgan fingerprint density at radius 2 is 2.05 bits per heavy atom. The number of nitrogens with one attached hydrogen (secondary N) is 1. The number of carboxylic acid groups (broad SMARTS) is 1. The third kappa shape index (κ3) is 3.30. The maximum absolute atomic E-state index is 12.3. The Kier molecular flexibility index (Phi) is 4.55. The molecule has 1 amide bonds. The van der Waals surface area contributed by atoms with Crippen molar-refractivity contribution in [1.82, 2.24) is 20.1 Å². The summed E-state index contributed by atoms with van der Waals surface area (Å²) in [5.74, 6) is -1.88. The lowest BCUT2D eigenvalue weighted by Gasteiger charge is -2.18. The Hall–Kier alpha value is -2.70. The van der Waals surface area contributed by atoms with E-state index < -0.39 is 17.9 Å². The zero-order valence-corrected chi connectivity index (χ0v) is 12.6. The molecule has 2 N–H and O–H groups in total. The van der Waals surface area contributed by atoms with Gasteiger partial charge in [-0.3, -0.25) is 9.59 Å². The molecule has 22 heavy (non-hydrogen) atoms. The molecule has 0 saturated heterocycles. The van der Waals surface area contributed by atoms with Gasteiger partial charge in [-0.15, -0.1) is 0 Å². The van der Waals surface area contributed by atoms with Gasteiger partial charge in [0.05, 0.1) is 11.6 Å². The molecule has 116 valence electrons. The smallest absolute Gasteiger partial charge is 0.308 e. The van der Waals surface area contributed by atoms with Crippen LogP contribution in [0.4, 0.5) is 0 Å². The number of benzene rings is 1. The predicted octanol–water partition coefficient (Wildman–Crippen LogP) is 1.41. The maximum atomic E-state index is 12.3. The number of rotatable bonds is 5. The van der Waals surface area contributed by atoms with Gasteiger partial charge in [0.25, 0.3) is 5.91 Å². The molecular weight excluding hydrogens is 284 g/mol. The van der Waals surface area contributed by atoms with Gasteiger partial charge in [-0.1, -0.05) is 0 Å². The molecule has 2 rings (SSSR count). The van der Waals surface area contributed by atoms with Crippen molar-refractivity contribution in [2.45, 2.75) is 26.8 Å². The third-order valence-corrected chi connectivity index (χ3v) is 3.64. The molecule has 0 spiro atoms. The van der Waals surface area contributed by atoms with Crippen molar-refractivity contribution >= 4 is 11.9 Å². The van der Waals surface area contributed by atoms with E-state index in [0.29, 0.717) is 5.56 Å². The van der Waals surface area contributed by atoms with Gasteiger partial charge in [0.2, 0.25) is 0 Å². The number of hydrogen-bond donors (Lipinski definition) is 2. The lowest BCUT2D eigenvalue weighted by molar-refractivity contribution is -0.141. The average molecular weight is 302 g/mol. The van der Waals surface area contributed by atoms with Crippen LogP contribution in [0.5, 0.6) is 0 Å². The Labute approximate surface area is 128 Å². The van der Waals surface area contributed by atoms with E-state index in [9.17, 15) is 9.59 Å². The molecule has 7 heteroatoms. The number of nitrogens with zero attached hydrogens (tertiary/aromatic N) is 3. The van der Waals surface area contributed by atoms with Crippen LogP contribution in [-0.2, 0) is 4.79 Å². The van der Waals surface area contributed by atoms with Gasteiger partial charge in [-0.25, -0.2) is 9.67 Å². The fourth-order valence-electron chi connectivity index (χ4n) is 2.01. The standard InChI is InChI=1S/C15H18N4O3/c1-9-6-12(19-8-16-7-17-19)4-5-13(9)14(20)18-11(3)10(2)15(21)22/h4-8,10-11H,1-3H3,(H,18,20)(H,21,22). The highest BCUT2D eigenvalue weighted by Crippen LogP contribution is 2.14. The quantitative estimate of drug-likeness (QED) is 0.870. The summed E-state index contributed by atoms with van der Waals surface area (Å²) in [4.78, 5) is 27.1. The Morgan fingerprint density at radius 3 is 2.59 bits per heavy atom. The van der Waals surface area contributed by atoms with E-state index in [4.69, 9.17) is 5.11 Å². The summed E-state index contributed by atoms with van der Waals surface area (Å²) in [6.45, 7) is 5.06. The molecule has 1 aromatic carbocycles.